The highest BCUT2D eigenvalue weighted by molar-refractivity contribution is 7.07. The van der Waals surface area contributed by atoms with Crippen molar-refractivity contribution in [3.63, 3.8) is 0 Å². The van der Waals surface area contributed by atoms with Gasteiger partial charge in [0.1, 0.15) is 17.2 Å². The van der Waals surface area contributed by atoms with Crippen LogP contribution < -0.4 is 24.4 Å². The second-order valence-corrected chi connectivity index (χ2v) is 11.8. The molecule has 0 saturated carbocycles. The van der Waals surface area contributed by atoms with Crippen LogP contribution in [0.3, 0.4) is 0 Å². The summed E-state index contributed by atoms with van der Waals surface area (Å²) in [4.78, 5) is 32.4. The minimum atomic E-state index is -0.721. The second-order valence-electron chi connectivity index (χ2n) is 10.8. The van der Waals surface area contributed by atoms with Crippen LogP contribution in [0.1, 0.15) is 37.9 Å². The Labute approximate surface area is 264 Å². The van der Waals surface area contributed by atoms with E-state index in [9.17, 15) is 9.59 Å². The molecule has 45 heavy (non-hydrogen) atoms. The van der Waals surface area contributed by atoms with Crippen molar-refractivity contribution in [3.05, 3.63) is 127 Å². The standard InChI is InChI=1S/C35H32N4O5S/c1-21(2)44-28-17-11-23(12-18-28)31-25(20-38(37-31)26-9-7-6-8-10-26)19-29-33(40)39-32(24-13-15-27(42-4)16-14-24)30(34(41)43-5)22(3)36-35(39)45-29/h6-21,32H,1-5H3/b29-19-. The number of thiazole rings is 1. The Balaban J connectivity index is 1.52. The Kier molecular flexibility index (Phi) is 8.23. The molecular weight excluding hydrogens is 588 g/mol. The summed E-state index contributed by atoms with van der Waals surface area (Å²) in [6.07, 6.45) is 3.81. The van der Waals surface area contributed by atoms with Gasteiger partial charge in [-0.1, -0.05) is 41.7 Å². The molecule has 0 saturated heterocycles. The normalized spacial score (nSPS) is 14.7. The third-order valence-electron chi connectivity index (χ3n) is 7.41. The van der Waals surface area contributed by atoms with Gasteiger partial charge in [-0.3, -0.25) is 9.36 Å². The molecule has 1 aliphatic heterocycles. The molecule has 5 aromatic rings. The number of fused-ring (bicyclic) bond motifs is 1. The molecule has 1 aliphatic rings. The van der Waals surface area contributed by atoms with Crippen LogP contribution in [0.25, 0.3) is 23.0 Å². The van der Waals surface area contributed by atoms with E-state index >= 15 is 0 Å². The summed E-state index contributed by atoms with van der Waals surface area (Å²) in [6, 6.07) is 24.1. The zero-order valence-corrected chi connectivity index (χ0v) is 26.4. The first-order valence-electron chi connectivity index (χ1n) is 14.4. The van der Waals surface area contributed by atoms with Crippen molar-refractivity contribution in [2.45, 2.75) is 32.9 Å². The summed E-state index contributed by atoms with van der Waals surface area (Å²) >= 11 is 1.27. The highest BCUT2D eigenvalue weighted by Crippen LogP contribution is 2.32. The van der Waals surface area contributed by atoms with Crippen LogP contribution in [0.15, 0.2) is 106 Å². The molecule has 0 amide bonds. The van der Waals surface area contributed by atoms with Crippen molar-refractivity contribution in [2.75, 3.05) is 14.2 Å². The molecular formula is C35H32N4O5S. The van der Waals surface area contributed by atoms with Gasteiger partial charge in [-0.2, -0.15) is 5.10 Å². The highest BCUT2D eigenvalue weighted by atomic mass is 32.1. The number of rotatable bonds is 8. The lowest BCUT2D eigenvalue weighted by molar-refractivity contribution is -0.136. The van der Waals surface area contributed by atoms with Gasteiger partial charge in [0.15, 0.2) is 4.80 Å². The summed E-state index contributed by atoms with van der Waals surface area (Å²) in [5, 5.41) is 4.92. The molecule has 0 spiro atoms. The number of esters is 1. The van der Waals surface area contributed by atoms with Gasteiger partial charge in [-0.25, -0.2) is 14.5 Å². The zero-order chi connectivity index (χ0) is 31.7. The highest BCUT2D eigenvalue weighted by Gasteiger charge is 2.33. The zero-order valence-electron chi connectivity index (χ0n) is 25.6. The fourth-order valence-electron chi connectivity index (χ4n) is 5.33. The number of nitrogens with zero attached hydrogens (tertiary/aromatic N) is 4. The Hall–Kier alpha value is -5.22. The van der Waals surface area contributed by atoms with Crippen molar-refractivity contribution in [3.8, 4) is 28.4 Å². The van der Waals surface area contributed by atoms with Gasteiger partial charge in [-0.15, -0.1) is 0 Å². The number of ether oxygens (including phenoxy) is 3. The predicted octanol–water partition coefficient (Wildman–Crippen LogP) is 5.06. The van der Waals surface area contributed by atoms with Crippen LogP contribution in [0.2, 0.25) is 0 Å². The Bertz CT molecular complexity index is 2070. The van der Waals surface area contributed by atoms with Crippen molar-refractivity contribution in [1.29, 1.82) is 0 Å². The number of carbonyl (C=O) groups is 1. The van der Waals surface area contributed by atoms with Crippen molar-refractivity contribution in [1.82, 2.24) is 14.3 Å². The maximum atomic E-state index is 14.2. The summed E-state index contributed by atoms with van der Waals surface area (Å²) in [5.41, 5.74) is 4.49. The minimum Gasteiger partial charge on any atom is -0.497 e. The second kappa shape index (κ2) is 12.4. The molecule has 0 radical (unpaired) electrons. The molecule has 9 nitrogen and oxygen atoms in total. The molecule has 0 bridgehead atoms. The number of hydrogen-bond acceptors (Lipinski definition) is 8. The van der Waals surface area contributed by atoms with Crippen LogP contribution in [0, 0.1) is 0 Å². The molecule has 0 N–H and O–H groups in total. The van der Waals surface area contributed by atoms with Gasteiger partial charge in [0.05, 0.1) is 47.9 Å². The van der Waals surface area contributed by atoms with Crippen molar-refractivity contribution < 1.29 is 19.0 Å². The third-order valence-corrected chi connectivity index (χ3v) is 8.39. The lowest BCUT2D eigenvalue weighted by Gasteiger charge is -2.24. The summed E-state index contributed by atoms with van der Waals surface area (Å²) in [5.74, 6) is 0.891. The predicted molar refractivity (Wildman–Crippen MR) is 174 cm³/mol. The Morgan fingerprint density at radius 2 is 1.64 bits per heavy atom. The molecule has 1 unspecified atom stereocenters. The number of aromatic nitrogens is 3. The Morgan fingerprint density at radius 3 is 2.29 bits per heavy atom. The molecule has 1 atom stereocenters. The number of carbonyl (C=O) groups excluding carboxylic acids is 1. The Morgan fingerprint density at radius 1 is 0.956 bits per heavy atom. The van der Waals surface area contributed by atoms with Gasteiger partial charge in [0, 0.05) is 17.3 Å². The van der Waals surface area contributed by atoms with E-state index < -0.39 is 12.0 Å². The topological polar surface area (TPSA) is 96.9 Å². The van der Waals surface area contributed by atoms with E-state index in [0.717, 1.165) is 28.1 Å². The average molecular weight is 621 g/mol. The lowest BCUT2D eigenvalue weighted by atomic mass is 9.96. The molecule has 6 rings (SSSR count). The van der Waals surface area contributed by atoms with Gasteiger partial charge in [0.2, 0.25) is 0 Å². The van der Waals surface area contributed by atoms with Crippen molar-refractivity contribution in [2.24, 2.45) is 4.99 Å². The van der Waals surface area contributed by atoms with Crippen LogP contribution in [-0.4, -0.2) is 40.6 Å². The molecule has 228 valence electrons. The van der Waals surface area contributed by atoms with E-state index in [-0.39, 0.29) is 11.7 Å². The number of para-hydroxylation sites is 1. The number of benzene rings is 3. The van der Waals surface area contributed by atoms with E-state index in [1.807, 2.05) is 92.9 Å². The smallest absolute Gasteiger partial charge is 0.338 e. The maximum Gasteiger partial charge on any atom is 0.338 e. The van der Waals surface area contributed by atoms with E-state index in [1.54, 1.807) is 35.4 Å². The molecule has 2 aromatic heterocycles. The lowest BCUT2D eigenvalue weighted by Crippen LogP contribution is -2.39. The van der Waals surface area contributed by atoms with Gasteiger partial charge in [0.25, 0.3) is 5.56 Å². The fraction of sp³-hybridized carbons (Fsp3) is 0.200. The third kappa shape index (κ3) is 5.84. The van der Waals surface area contributed by atoms with E-state index in [1.165, 1.54) is 18.4 Å². The maximum absolute atomic E-state index is 14.2. The molecule has 3 aromatic carbocycles. The van der Waals surface area contributed by atoms with Crippen LogP contribution in [0.5, 0.6) is 11.5 Å². The van der Waals surface area contributed by atoms with Crippen LogP contribution >= 0.6 is 11.3 Å². The molecule has 3 heterocycles. The van der Waals surface area contributed by atoms with Gasteiger partial charge < -0.3 is 14.2 Å². The van der Waals surface area contributed by atoms with E-state index in [2.05, 4.69) is 4.99 Å². The van der Waals surface area contributed by atoms with Crippen LogP contribution in [0.4, 0.5) is 0 Å². The quantitative estimate of drug-likeness (QED) is 0.225. The first kappa shape index (κ1) is 29.8. The number of methoxy groups -OCH3 is 2. The first-order chi connectivity index (χ1) is 21.8. The molecule has 10 heteroatoms. The average Bonchev–Trinajstić information content (AvgIpc) is 3.61. The van der Waals surface area contributed by atoms with E-state index in [0.29, 0.717) is 32.0 Å². The summed E-state index contributed by atoms with van der Waals surface area (Å²) in [6.45, 7) is 5.73. The number of hydrogen-bond donors (Lipinski definition) is 0. The first-order valence-corrected chi connectivity index (χ1v) is 15.3. The van der Waals surface area contributed by atoms with Crippen molar-refractivity contribution >= 4 is 23.4 Å². The SMILES string of the molecule is COC(=O)C1=C(C)N=c2s/c(=C\c3cn(-c4ccccc4)nc3-c3ccc(OC(C)C)cc3)c(=O)n2C1c1ccc(OC)cc1. The monoisotopic (exact) mass is 620 g/mol. The number of allylic oxidation sites excluding steroid dienone is 1. The summed E-state index contributed by atoms with van der Waals surface area (Å²) in [7, 11) is 2.91. The summed E-state index contributed by atoms with van der Waals surface area (Å²) < 4.78 is 20.1. The van der Waals surface area contributed by atoms with E-state index in [4.69, 9.17) is 19.3 Å². The largest absolute Gasteiger partial charge is 0.497 e. The fourth-order valence-corrected chi connectivity index (χ4v) is 6.37. The molecule has 0 fully saturated rings. The van der Waals surface area contributed by atoms with Gasteiger partial charge in [-0.05, 0) is 80.9 Å². The molecule has 0 aliphatic carbocycles. The van der Waals surface area contributed by atoms with Crippen LogP contribution in [-0.2, 0) is 9.53 Å². The van der Waals surface area contributed by atoms with Gasteiger partial charge >= 0.3 is 5.97 Å². The minimum absolute atomic E-state index is 0.0554.